The number of hydrogen-bond donors (Lipinski definition) is 1. The molecule has 0 unspecified atom stereocenters. The Morgan fingerprint density at radius 3 is 2.62 bits per heavy atom. The van der Waals surface area contributed by atoms with E-state index < -0.39 is 5.97 Å². The molecule has 1 aromatic heterocycles. The Morgan fingerprint density at radius 2 is 1.88 bits per heavy atom. The van der Waals surface area contributed by atoms with E-state index in [1.165, 1.54) is 0 Å². The zero-order valence-electron chi connectivity index (χ0n) is 13.2. The van der Waals surface area contributed by atoms with Crippen molar-refractivity contribution in [2.45, 2.75) is 13.0 Å². The summed E-state index contributed by atoms with van der Waals surface area (Å²) in [5.74, 6) is -0.815. The van der Waals surface area contributed by atoms with E-state index in [0.717, 1.165) is 15.6 Å². The van der Waals surface area contributed by atoms with Crippen LogP contribution in [0.25, 0.3) is 10.8 Å². The first kappa shape index (κ1) is 16.2. The molecule has 3 aromatic rings. The number of rotatable bonds is 5. The van der Waals surface area contributed by atoms with E-state index >= 15 is 0 Å². The molecule has 1 amide bonds. The summed E-state index contributed by atoms with van der Waals surface area (Å²) in [6.45, 7) is 1.61. The predicted octanol–water partition coefficient (Wildman–Crippen LogP) is 3.94. The van der Waals surface area contributed by atoms with Gasteiger partial charge in [0.1, 0.15) is 0 Å². The van der Waals surface area contributed by atoms with Gasteiger partial charge in [-0.1, -0.05) is 36.4 Å². The van der Waals surface area contributed by atoms with Crippen molar-refractivity contribution in [2.24, 2.45) is 0 Å². The van der Waals surface area contributed by atoms with Gasteiger partial charge < -0.3 is 10.1 Å². The van der Waals surface area contributed by atoms with Crippen LogP contribution in [0.1, 0.15) is 28.2 Å². The van der Waals surface area contributed by atoms with Crippen molar-refractivity contribution < 1.29 is 14.3 Å². The molecule has 0 aliphatic heterocycles. The summed E-state index contributed by atoms with van der Waals surface area (Å²) in [7, 11) is 0. The molecule has 0 spiro atoms. The fourth-order valence-corrected chi connectivity index (χ4v) is 3.16. The monoisotopic (exact) mass is 339 g/mol. The van der Waals surface area contributed by atoms with Gasteiger partial charge in [-0.25, -0.2) is 4.79 Å². The Labute approximate surface area is 144 Å². The first-order chi connectivity index (χ1) is 11.6. The fourth-order valence-electron chi connectivity index (χ4n) is 2.42. The Kier molecular flexibility index (Phi) is 4.91. The number of hydrogen-bond acceptors (Lipinski definition) is 4. The highest BCUT2D eigenvalue weighted by Gasteiger charge is 2.13. The quantitative estimate of drug-likeness (QED) is 0.717. The molecule has 3 rings (SSSR count). The number of carbonyl (C=O) groups is 2. The molecule has 5 heteroatoms. The highest BCUT2D eigenvalue weighted by molar-refractivity contribution is 7.10. The van der Waals surface area contributed by atoms with Crippen LogP contribution in [0, 0.1) is 0 Å². The Morgan fingerprint density at radius 1 is 1.08 bits per heavy atom. The summed E-state index contributed by atoms with van der Waals surface area (Å²) < 4.78 is 5.11. The molecule has 0 bridgehead atoms. The van der Waals surface area contributed by atoms with Crippen molar-refractivity contribution in [1.29, 1.82) is 0 Å². The largest absolute Gasteiger partial charge is 0.452 e. The van der Waals surface area contributed by atoms with Crippen LogP contribution in [-0.2, 0) is 9.53 Å². The van der Waals surface area contributed by atoms with Crippen LogP contribution in [-0.4, -0.2) is 18.5 Å². The lowest BCUT2D eigenvalue weighted by molar-refractivity contribution is -0.124. The smallest absolute Gasteiger partial charge is 0.338 e. The molecular formula is C19H17NO3S. The Hall–Kier alpha value is -2.66. The van der Waals surface area contributed by atoms with Crippen LogP contribution in [0.5, 0.6) is 0 Å². The van der Waals surface area contributed by atoms with E-state index in [0.29, 0.717) is 5.56 Å². The number of carbonyl (C=O) groups excluding carboxylic acids is 2. The summed E-state index contributed by atoms with van der Waals surface area (Å²) in [5, 5.41) is 6.78. The van der Waals surface area contributed by atoms with Gasteiger partial charge >= 0.3 is 5.97 Å². The van der Waals surface area contributed by atoms with Crippen LogP contribution in [0.3, 0.4) is 0 Å². The third-order valence-electron chi connectivity index (χ3n) is 3.67. The Bertz CT molecular complexity index is 858. The molecule has 24 heavy (non-hydrogen) atoms. The lowest BCUT2D eigenvalue weighted by Gasteiger charge is -2.12. The number of thiophene rings is 1. The minimum atomic E-state index is -0.500. The predicted molar refractivity (Wildman–Crippen MR) is 95.1 cm³/mol. The molecule has 0 saturated heterocycles. The van der Waals surface area contributed by atoms with Crippen LogP contribution < -0.4 is 5.32 Å². The molecule has 0 aliphatic carbocycles. The van der Waals surface area contributed by atoms with Gasteiger partial charge in [0, 0.05) is 4.88 Å². The van der Waals surface area contributed by atoms with Gasteiger partial charge in [-0.15, -0.1) is 11.3 Å². The zero-order chi connectivity index (χ0) is 16.9. The minimum absolute atomic E-state index is 0.100. The highest BCUT2D eigenvalue weighted by atomic mass is 32.1. The third-order valence-corrected chi connectivity index (χ3v) is 4.72. The van der Waals surface area contributed by atoms with Gasteiger partial charge in [0.25, 0.3) is 5.91 Å². The number of ether oxygens (including phenoxy) is 1. The van der Waals surface area contributed by atoms with E-state index in [1.807, 2.05) is 54.8 Å². The average Bonchev–Trinajstić information content (AvgIpc) is 3.14. The lowest BCUT2D eigenvalue weighted by atomic mass is 10.1. The minimum Gasteiger partial charge on any atom is -0.452 e. The number of esters is 1. The van der Waals surface area contributed by atoms with Crippen molar-refractivity contribution in [2.75, 3.05) is 6.61 Å². The summed E-state index contributed by atoms with van der Waals surface area (Å²) in [5.41, 5.74) is 0.438. The zero-order valence-corrected chi connectivity index (χ0v) is 14.0. The van der Waals surface area contributed by atoms with E-state index in [4.69, 9.17) is 4.74 Å². The van der Waals surface area contributed by atoms with Gasteiger partial charge in [-0.3, -0.25) is 4.79 Å². The first-order valence-electron chi connectivity index (χ1n) is 7.62. The third kappa shape index (κ3) is 3.81. The summed E-state index contributed by atoms with van der Waals surface area (Å²) in [4.78, 5) is 25.1. The summed E-state index contributed by atoms with van der Waals surface area (Å²) >= 11 is 1.57. The topological polar surface area (TPSA) is 55.4 Å². The molecule has 4 nitrogen and oxygen atoms in total. The van der Waals surface area contributed by atoms with Gasteiger partial charge in [0.05, 0.1) is 11.6 Å². The lowest BCUT2D eigenvalue weighted by Crippen LogP contribution is -2.30. The van der Waals surface area contributed by atoms with Crippen molar-refractivity contribution in [3.63, 3.8) is 0 Å². The van der Waals surface area contributed by atoms with E-state index in [2.05, 4.69) is 5.32 Å². The molecule has 1 N–H and O–H groups in total. The highest BCUT2D eigenvalue weighted by Crippen LogP contribution is 2.18. The first-order valence-corrected chi connectivity index (χ1v) is 8.50. The second-order valence-electron chi connectivity index (χ2n) is 5.44. The molecule has 122 valence electrons. The number of amides is 1. The summed E-state index contributed by atoms with van der Waals surface area (Å²) in [6.07, 6.45) is 0. The van der Waals surface area contributed by atoms with Crippen LogP contribution in [0.15, 0.2) is 60.0 Å². The number of benzene rings is 2. The van der Waals surface area contributed by atoms with Crippen LogP contribution in [0.2, 0.25) is 0 Å². The van der Waals surface area contributed by atoms with Gasteiger partial charge in [-0.2, -0.15) is 0 Å². The van der Waals surface area contributed by atoms with Crippen LogP contribution >= 0.6 is 11.3 Å². The normalized spacial score (nSPS) is 11.9. The second kappa shape index (κ2) is 7.27. The average molecular weight is 339 g/mol. The van der Waals surface area contributed by atoms with Gasteiger partial charge in [-0.05, 0) is 41.3 Å². The van der Waals surface area contributed by atoms with E-state index in [-0.39, 0.29) is 18.6 Å². The summed E-state index contributed by atoms with van der Waals surface area (Å²) in [6, 6.07) is 16.9. The van der Waals surface area contributed by atoms with Gasteiger partial charge in [0.15, 0.2) is 6.61 Å². The Balaban J connectivity index is 1.57. The molecule has 0 radical (unpaired) electrons. The van der Waals surface area contributed by atoms with E-state index in [1.54, 1.807) is 23.5 Å². The standard InChI is InChI=1S/C19H17NO3S/c1-13(17-7-4-10-24-17)20-18(21)12-23-19(22)16-9-8-14-5-2-3-6-15(14)11-16/h2-11,13H,12H2,1H3,(H,20,21)/t13-/m1/s1. The second-order valence-corrected chi connectivity index (χ2v) is 6.42. The molecule has 0 saturated carbocycles. The molecule has 1 atom stereocenters. The SMILES string of the molecule is C[C@@H](NC(=O)COC(=O)c1ccc2ccccc2c1)c1cccs1. The van der Waals surface area contributed by atoms with E-state index in [9.17, 15) is 9.59 Å². The van der Waals surface area contributed by atoms with Crippen LogP contribution in [0.4, 0.5) is 0 Å². The molecular weight excluding hydrogens is 322 g/mol. The van der Waals surface area contributed by atoms with Crippen molar-refractivity contribution in [3.05, 3.63) is 70.4 Å². The van der Waals surface area contributed by atoms with Crippen molar-refractivity contribution in [1.82, 2.24) is 5.32 Å². The molecule has 0 fully saturated rings. The number of nitrogens with one attached hydrogen (secondary N) is 1. The van der Waals surface area contributed by atoms with Crippen molar-refractivity contribution in [3.8, 4) is 0 Å². The van der Waals surface area contributed by atoms with Gasteiger partial charge in [0.2, 0.25) is 0 Å². The molecule has 2 aromatic carbocycles. The fraction of sp³-hybridized carbons (Fsp3) is 0.158. The maximum absolute atomic E-state index is 12.1. The number of fused-ring (bicyclic) bond motifs is 1. The maximum Gasteiger partial charge on any atom is 0.338 e. The molecule has 1 heterocycles. The molecule has 0 aliphatic rings. The maximum atomic E-state index is 12.1. The van der Waals surface area contributed by atoms with Crippen molar-refractivity contribution >= 4 is 34.0 Å².